The van der Waals surface area contributed by atoms with Gasteiger partial charge in [-0.25, -0.2) is 9.97 Å². The molecule has 32 heavy (non-hydrogen) atoms. The largest absolute Gasteiger partial charge is 0.387 e. The van der Waals surface area contributed by atoms with E-state index in [9.17, 15) is 19.8 Å². The Balaban J connectivity index is 1.31. The first-order chi connectivity index (χ1) is 15.5. The molecule has 0 bridgehead atoms. The molecular weight excluding hydrogens is 414 g/mol. The van der Waals surface area contributed by atoms with Gasteiger partial charge in [0.15, 0.2) is 6.23 Å². The monoisotopic (exact) mass is 435 g/mol. The Labute approximate surface area is 182 Å². The van der Waals surface area contributed by atoms with Gasteiger partial charge in [0, 0.05) is 12.7 Å². The first-order valence-electron chi connectivity index (χ1n) is 10.6. The van der Waals surface area contributed by atoms with Crippen LogP contribution in [-0.2, 0) is 11.2 Å². The lowest BCUT2D eigenvalue weighted by Crippen LogP contribution is -2.42. The summed E-state index contributed by atoms with van der Waals surface area (Å²) in [7, 11) is 0. The minimum Gasteiger partial charge on any atom is -0.387 e. The number of rotatable bonds is 3. The number of fused-ring (bicyclic) bond motifs is 1. The second-order valence-electron chi connectivity index (χ2n) is 8.33. The second kappa shape index (κ2) is 7.09. The lowest BCUT2D eigenvalue weighted by Gasteiger charge is -2.21. The third-order valence-electron chi connectivity index (χ3n) is 6.46. The zero-order valence-electron chi connectivity index (χ0n) is 17.0. The molecule has 1 saturated heterocycles. The molecule has 2 aromatic heterocycles. The van der Waals surface area contributed by atoms with Crippen LogP contribution in [0.15, 0.2) is 36.8 Å². The molecule has 1 aromatic carbocycles. The van der Waals surface area contributed by atoms with Gasteiger partial charge < -0.3 is 24.8 Å². The van der Waals surface area contributed by atoms with Gasteiger partial charge in [-0.2, -0.15) is 0 Å². The van der Waals surface area contributed by atoms with Gasteiger partial charge in [0.25, 0.3) is 11.8 Å². The highest BCUT2D eigenvalue weighted by Gasteiger charge is 2.47. The predicted molar refractivity (Wildman–Crippen MR) is 112 cm³/mol. The molecule has 10 nitrogen and oxygen atoms in total. The number of imide groups is 1. The van der Waals surface area contributed by atoms with E-state index in [0.29, 0.717) is 16.8 Å². The van der Waals surface area contributed by atoms with Crippen LogP contribution in [0.3, 0.4) is 0 Å². The molecule has 0 radical (unpaired) electrons. The molecule has 164 valence electrons. The zero-order chi connectivity index (χ0) is 22.0. The van der Waals surface area contributed by atoms with Crippen molar-refractivity contribution in [1.29, 1.82) is 0 Å². The van der Waals surface area contributed by atoms with Gasteiger partial charge in [-0.05, 0) is 30.5 Å². The number of aliphatic hydroxyl groups excluding tert-OH is 2. The summed E-state index contributed by atoms with van der Waals surface area (Å²) in [6.07, 6.45) is 0.681. The lowest BCUT2D eigenvalue weighted by atomic mass is 10.1. The molecule has 6 rings (SSSR count). The van der Waals surface area contributed by atoms with E-state index in [1.54, 1.807) is 28.8 Å². The van der Waals surface area contributed by atoms with E-state index in [0.717, 1.165) is 41.1 Å². The Morgan fingerprint density at radius 3 is 2.59 bits per heavy atom. The van der Waals surface area contributed by atoms with Crippen LogP contribution >= 0.6 is 0 Å². The fourth-order valence-corrected chi connectivity index (χ4v) is 4.86. The molecule has 4 atom stereocenters. The Bertz CT molecular complexity index is 1220. The van der Waals surface area contributed by atoms with Crippen LogP contribution in [0, 0.1) is 0 Å². The molecule has 3 aliphatic rings. The molecule has 10 heteroatoms. The minimum atomic E-state index is -1.28. The fraction of sp³-hybridized carbons (Fsp3) is 0.364. The maximum absolute atomic E-state index is 12.7. The van der Waals surface area contributed by atoms with E-state index in [2.05, 4.69) is 15.3 Å². The molecule has 2 amide bonds. The SMILES string of the molecule is O=C1c2ccccc2C(=O)N1C[C@H]1O[C@@H](n2cc3c4c(ncnc42)NCCC3)[C@H](O)[C@@H]1O. The Hall–Kier alpha value is -3.34. The van der Waals surface area contributed by atoms with Crippen molar-refractivity contribution in [2.24, 2.45) is 0 Å². The third kappa shape index (κ3) is 2.70. The number of hydrogen-bond acceptors (Lipinski definition) is 8. The molecule has 5 heterocycles. The normalized spacial score (nSPS) is 27.0. The van der Waals surface area contributed by atoms with Crippen molar-refractivity contribution in [3.63, 3.8) is 0 Å². The Morgan fingerprint density at radius 1 is 1.09 bits per heavy atom. The molecule has 3 N–H and O–H groups in total. The maximum Gasteiger partial charge on any atom is 0.261 e. The standard InChI is InChI=1S/C22H21N5O5/c28-16-14(9-27-20(30)12-5-1-2-6-13(12)21(27)31)32-22(17(16)29)26-8-11-4-3-7-23-18-15(11)19(26)25-10-24-18/h1-2,5-6,8,10,14,16-17,22,28-29H,3-4,7,9H2,(H,23,24,25)/t14-,16-,17-,22-/m1/s1. The summed E-state index contributed by atoms with van der Waals surface area (Å²) in [6.45, 7) is 0.652. The number of amides is 2. The molecular formula is C22H21N5O5. The van der Waals surface area contributed by atoms with Crippen molar-refractivity contribution in [1.82, 2.24) is 19.4 Å². The number of aryl methyl sites for hydroxylation is 1. The van der Waals surface area contributed by atoms with Gasteiger partial charge in [0.1, 0.15) is 36.1 Å². The molecule has 3 aromatic rings. The van der Waals surface area contributed by atoms with Crippen LogP contribution in [0.4, 0.5) is 5.82 Å². The Morgan fingerprint density at radius 2 is 1.84 bits per heavy atom. The highest BCUT2D eigenvalue weighted by atomic mass is 16.6. The van der Waals surface area contributed by atoms with E-state index in [4.69, 9.17) is 4.74 Å². The van der Waals surface area contributed by atoms with E-state index >= 15 is 0 Å². The summed E-state index contributed by atoms with van der Waals surface area (Å²) < 4.78 is 7.73. The van der Waals surface area contributed by atoms with E-state index in [-0.39, 0.29) is 6.54 Å². The molecule has 3 aliphatic heterocycles. The highest BCUT2D eigenvalue weighted by Crippen LogP contribution is 2.37. The smallest absolute Gasteiger partial charge is 0.261 e. The first-order valence-corrected chi connectivity index (χ1v) is 10.6. The quantitative estimate of drug-likeness (QED) is 0.513. The molecule has 0 unspecified atom stereocenters. The number of anilines is 1. The van der Waals surface area contributed by atoms with E-state index < -0.39 is 36.4 Å². The van der Waals surface area contributed by atoms with Crippen molar-refractivity contribution in [3.05, 3.63) is 53.5 Å². The van der Waals surface area contributed by atoms with Gasteiger partial charge in [-0.3, -0.25) is 14.5 Å². The predicted octanol–water partition coefficient (Wildman–Crippen LogP) is 0.705. The molecule has 0 spiro atoms. The van der Waals surface area contributed by atoms with Gasteiger partial charge in [-0.1, -0.05) is 12.1 Å². The molecule has 0 saturated carbocycles. The average molecular weight is 435 g/mol. The summed E-state index contributed by atoms with van der Waals surface area (Å²) in [5, 5.41) is 25.7. The van der Waals surface area contributed by atoms with Gasteiger partial charge in [-0.15, -0.1) is 0 Å². The van der Waals surface area contributed by atoms with Crippen LogP contribution < -0.4 is 5.32 Å². The topological polar surface area (TPSA) is 130 Å². The van der Waals surface area contributed by atoms with E-state index in [1.807, 2.05) is 6.20 Å². The Kier molecular flexibility index (Phi) is 4.29. The van der Waals surface area contributed by atoms with Crippen molar-refractivity contribution in [2.75, 3.05) is 18.4 Å². The molecule has 1 fully saturated rings. The number of carbonyl (C=O) groups excluding carboxylic acids is 2. The number of nitrogens with zero attached hydrogens (tertiary/aromatic N) is 4. The number of aliphatic hydroxyl groups is 2. The zero-order valence-corrected chi connectivity index (χ0v) is 17.0. The lowest BCUT2D eigenvalue weighted by molar-refractivity contribution is -0.0398. The summed E-state index contributed by atoms with van der Waals surface area (Å²) in [5.74, 6) is -0.130. The van der Waals surface area contributed by atoms with Crippen molar-refractivity contribution < 1.29 is 24.5 Å². The summed E-state index contributed by atoms with van der Waals surface area (Å²) in [5.41, 5.74) is 2.29. The number of carbonyl (C=O) groups is 2. The third-order valence-corrected chi connectivity index (χ3v) is 6.46. The number of benzene rings is 1. The van der Waals surface area contributed by atoms with Crippen molar-refractivity contribution >= 4 is 28.7 Å². The van der Waals surface area contributed by atoms with Crippen LogP contribution in [0.2, 0.25) is 0 Å². The minimum absolute atomic E-state index is 0.158. The van der Waals surface area contributed by atoms with Crippen molar-refractivity contribution in [2.45, 2.75) is 37.4 Å². The van der Waals surface area contributed by atoms with Gasteiger partial charge >= 0.3 is 0 Å². The number of hydrogen-bond donors (Lipinski definition) is 3. The maximum atomic E-state index is 12.7. The van der Waals surface area contributed by atoms with Gasteiger partial charge in [0.2, 0.25) is 0 Å². The first kappa shape index (κ1) is 19.4. The number of ether oxygens (including phenoxy) is 1. The van der Waals surface area contributed by atoms with Crippen LogP contribution in [-0.4, -0.2) is 72.9 Å². The van der Waals surface area contributed by atoms with Crippen LogP contribution in [0.25, 0.3) is 11.0 Å². The summed E-state index contributed by atoms with van der Waals surface area (Å²) >= 11 is 0. The average Bonchev–Trinajstić information content (AvgIpc) is 3.32. The second-order valence-corrected chi connectivity index (χ2v) is 8.33. The van der Waals surface area contributed by atoms with Gasteiger partial charge in [0.05, 0.1) is 23.1 Å². The fourth-order valence-electron chi connectivity index (χ4n) is 4.86. The summed E-state index contributed by atoms with van der Waals surface area (Å²) in [6, 6.07) is 6.59. The number of nitrogens with one attached hydrogen (secondary N) is 1. The summed E-state index contributed by atoms with van der Waals surface area (Å²) in [4.78, 5) is 35.2. The van der Waals surface area contributed by atoms with E-state index in [1.165, 1.54) is 6.33 Å². The van der Waals surface area contributed by atoms with Crippen molar-refractivity contribution in [3.8, 4) is 0 Å². The number of aromatic nitrogens is 3. The van der Waals surface area contributed by atoms with Crippen LogP contribution in [0.5, 0.6) is 0 Å². The highest BCUT2D eigenvalue weighted by molar-refractivity contribution is 6.21. The molecule has 0 aliphatic carbocycles. The van der Waals surface area contributed by atoms with Crippen LogP contribution in [0.1, 0.15) is 38.9 Å².